The van der Waals surface area contributed by atoms with Gasteiger partial charge in [0.1, 0.15) is 0 Å². The maximum Gasteiger partial charge on any atom is 0.303 e. The van der Waals surface area contributed by atoms with E-state index in [0.717, 1.165) is 0 Å². The average Bonchev–Trinajstić information content (AvgIpc) is 2.41. The Kier molecular flexibility index (Phi) is 3.47. The molecule has 14 heavy (non-hydrogen) atoms. The van der Waals surface area contributed by atoms with Gasteiger partial charge in [0.2, 0.25) is 0 Å². The van der Waals surface area contributed by atoms with Crippen molar-refractivity contribution in [3.63, 3.8) is 0 Å². The summed E-state index contributed by atoms with van der Waals surface area (Å²) in [6, 6.07) is -0.270. The highest BCUT2D eigenvalue weighted by atomic mass is 16.7. The van der Waals surface area contributed by atoms with Gasteiger partial charge in [0.25, 0.3) is 0 Å². The Hall–Kier alpha value is -0.650. The number of carboxylic acids is 1. The van der Waals surface area contributed by atoms with E-state index < -0.39 is 11.8 Å². The minimum Gasteiger partial charge on any atom is -0.481 e. The van der Waals surface area contributed by atoms with Crippen LogP contribution < -0.4 is 5.73 Å². The van der Waals surface area contributed by atoms with Crippen LogP contribution in [0.4, 0.5) is 0 Å². The van der Waals surface area contributed by atoms with Crippen LogP contribution in [0.5, 0.6) is 0 Å². The van der Waals surface area contributed by atoms with Crippen molar-refractivity contribution in [3.05, 3.63) is 0 Å². The summed E-state index contributed by atoms with van der Waals surface area (Å²) >= 11 is 0. The van der Waals surface area contributed by atoms with Crippen molar-refractivity contribution in [1.29, 1.82) is 0 Å². The fraction of sp³-hybridized carbons (Fsp3) is 0.889. The minimum atomic E-state index is -0.835. The molecule has 0 radical (unpaired) electrons. The lowest BCUT2D eigenvalue weighted by molar-refractivity contribution is -0.141. The van der Waals surface area contributed by atoms with Crippen molar-refractivity contribution < 1.29 is 19.4 Å². The second-order valence-electron chi connectivity index (χ2n) is 3.96. The molecule has 0 spiro atoms. The molecule has 0 aliphatic carbocycles. The molecule has 1 saturated heterocycles. The molecule has 0 amide bonds. The van der Waals surface area contributed by atoms with E-state index >= 15 is 0 Å². The molecule has 2 atom stereocenters. The predicted octanol–water partition coefficient (Wildman–Crippen LogP) is 0.330. The zero-order chi connectivity index (χ0) is 10.8. The maximum atomic E-state index is 10.3. The zero-order valence-corrected chi connectivity index (χ0v) is 8.53. The molecule has 1 aliphatic heterocycles. The first kappa shape index (κ1) is 11.4. The Morgan fingerprint density at radius 1 is 1.71 bits per heavy atom. The van der Waals surface area contributed by atoms with Crippen LogP contribution in [0.25, 0.3) is 0 Å². The van der Waals surface area contributed by atoms with Crippen LogP contribution in [0.3, 0.4) is 0 Å². The Balaban J connectivity index is 2.32. The van der Waals surface area contributed by atoms with Gasteiger partial charge in [0.15, 0.2) is 5.79 Å². The van der Waals surface area contributed by atoms with Crippen molar-refractivity contribution in [2.75, 3.05) is 6.61 Å². The Morgan fingerprint density at radius 3 is 2.79 bits per heavy atom. The third-order valence-electron chi connectivity index (χ3n) is 2.20. The fourth-order valence-electron chi connectivity index (χ4n) is 1.40. The first-order valence-electron chi connectivity index (χ1n) is 4.70. The molecule has 5 heteroatoms. The number of nitrogens with two attached hydrogens (primary N) is 1. The molecule has 1 aliphatic rings. The van der Waals surface area contributed by atoms with Crippen molar-refractivity contribution in [3.8, 4) is 0 Å². The first-order chi connectivity index (χ1) is 6.41. The summed E-state index contributed by atoms with van der Waals surface area (Å²) in [5.74, 6) is -1.43. The molecule has 0 saturated carbocycles. The van der Waals surface area contributed by atoms with Crippen LogP contribution in [0.15, 0.2) is 0 Å². The minimum absolute atomic E-state index is 0.0709. The van der Waals surface area contributed by atoms with Gasteiger partial charge in [-0.25, -0.2) is 0 Å². The van der Waals surface area contributed by atoms with Crippen LogP contribution in [-0.2, 0) is 14.3 Å². The van der Waals surface area contributed by atoms with E-state index in [9.17, 15) is 4.79 Å². The molecule has 1 rings (SSSR count). The molecule has 82 valence electrons. The van der Waals surface area contributed by atoms with Gasteiger partial charge in [-0.1, -0.05) is 0 Å². The van der Waals surface area contributed by atoms with E-state index in [-0.39, 0.29) is 18.6 Å². The standard InChI is InChI=1S/C9H17NO4/c1-9(2)13-5-7(14-9)6(10)3-4-8(11)12/h6-7H,3-5,10H2,1-2H3,(H,11,12). The van der Waals surface area contributed by atoms with Gasteiger partial charge < -0.3 is 20.3 Å². The number of ether oxygens (including phenoxy) is 2. The first-order valence-corrected chi connectivity index (χ1v) is 4.70. The second kappa shape index (κ2) is 4.25. The van der Waals surface area contributed by atoms with Gasteiger partial charge in [0, 0.05) is 12.5 Å². The van der Waals surface area contributed by atoms with Crippen LogP contribution in [0.2, 0.25) is 0 Å². The highest BCUT2D eigenvalue weighted by molar-refractivity contribution is 5.66. The number of rotatable bonds is 4. The van der Waals surface area contributed by atoms with E-state index in [2.05, 4.69) is 0 Å². The Labute approximate surface area is 83.2 Å². The van der Waals surface area contributed by atoms with Crippen LogP contribution in [0.1, 0.15) is 26.7 Å². The van der Waals surface area contributed by atoms with Gasteiger partial charge in [-0.3, -0.25) is 4.79 Å². The number of aliphatic carboxylic acids is 1. The van der Waals surface area contributed by atoms with Crippen LogP contribution in [0, 0.1) is 0 Å². The smallest absolute Gasteiger partial charge is 0.303 e. The number of hydrogen-bond donors (Lipinski definition) is 2. The summed E-state index contributed by atoms with van der Waals surface area (Å²) in [5, 5.41) is 8.48. The largest absolute Gasteiger partial charge is 0.481 e. The Bertz CT molecular complexity index is 217. The number of carboxylic acid groups (broad SMARTS) is 1. The Morgan fingerprint density at radius 2 is 2.36 bits per heavy atom. The van der Waals surface area contributed by atoms with E-state index in [1.165, 1.54) is 0 Å². The van der Waals surface area contributed by atoms with E-state index in [4.69, 9.17) is 20.3 Å². The zero-order valence-electron chi connectivity index (χ0n) is 8.53. The lowest BCUT2D eigenvalue weighted by atomic mass is 10.1. The van der Waals surface area contributed by atoms with Gasteiger partial charge >= 0.3 is 5.97 Å². The lowest BCUT2D eigenvalue weighted by Crippen LogP contribution is -2.38. The molecule has 0 aromatic rings. The highest BCUT2D eigenvalue weighted by Crippen LogP contribution is 2.24. The monoisotopic (exact) mass is 203 g/mol. The number of hydrogen-bond acceptors (Lipinski definition) is 4. The quantitative estimate of drug-likeness (QED) is 0.688. The number of carbonyl (C=O) groups is 1. The normalized spacial score (nSPS) is 27.5. The summed E-state index contributed by atoms with van der Waals surface area (Å²) in [6.45, 7) is 4.07. The summed E-state index contributed by atoms with van der Waals surface area (Å²) < 4.78 is 10.8. The third-order valence-corrected chi connectivity index (χ3v) is 2.20. The SMILES string of the molecule is CC1(C)OCC(C(N)CCC(=O)O)O1. The molecular formula is C9H17NO4. The molecule has 0 aromatic carbocycles. The molecule has 5 nitrogen and oxygen atoms in total. The summed E-state index contributed by atoms with van der Waals surface area (Å²) in [6.07, 6.45) is 0.297. The molecule has 3 N–H and O–H groups in total. The summed E-state index contributed by atoms with van der Waals surface area (Å²) in [7, 11) is 0. The van der Waals surface area contributed by atoms with Crippen molar-refractivity contribution in [1.82, 2.24) is 0 Å². The molecule has 0 bridgehead atoms. The fourth-order valence-corrected chi connectivity index (χ4v) is 1.40. The molecule has 1 fully saturated rings. The van der Waals surface area contributed by atoms with Gasteiger partial charge in [-0.2, -0.15) is 0 Å². The van der Waals surface area contributed by atoms with E-state index in [1.54, 1.807) is 0 Å². The molecule has 0 aromatic heterocycles. The van der Waals surface area contributed by atoms with Gasteiger partial charge in [-0.05, 0) is 20.3 Å². The van der Waals surface area contributed by atoms with Gasteiger partial charge in [-0.15, -0.1) is 0 Å². The maximum absolute atomic E-state index is 10.3. The molecule has 1 heterocycles. The summed E-state index contributed by atoms with van der Waals surface area (Å²) in [4.78, 5) is 10.3. The van der Waals surface area contributed by atoms with Gasteiger partial charge in [0.05, 0.1) is 12.7 Å². The van der Waals surface area contributed by atoms with Crippen molar-refractivity contribution in [2.45, 2.75) is 44.6 Å². The van der Waals surface area contributed by atoms with E-state index in [1.807, 2.05) is 13.8 Å². The predicted molar refractivity (Wildman–Crippen MR) is 49.7 cm³/mol. The lowest BCUT2D eigenvalue weighted by Gasteiger charge is -2.20. The summed E-state index contributed by atoms with van der Waals surface area (Å²) in [5.41, 5.74) is 5.78. The van der Waals surface area contributed by atoms with Crippen molar-refractivity contribution >= 4 is 5.97 Å². The molecule has 2 unspecified atom stereocenters. The van der Waals surface area contributed by atoms with Crippen molar-refractivity contribution in [2.24, 2.45) is 5.73 Å². The highest BCUT2D eigenvalue weighted by Gasteiger charge is 2.35. The van der Waals surface area contributed by atoms with Crippen LogP contribution >= 0.6 is 0 Å². The topological polar surface area (TPSA) is 81.8 Å². The third kappa shape index (κ3) is 3.25. The van der Waals surface area contributed by atoms with E-state index in [0.29, 0.717) is 13.0 Å². The average molecular weight is 203 g/mol. The van der Waals surface area contributed by atoms with Crippen LogP contribution in [-0.4, -0.2) is 35.6 Å². The molecular weight excluding hydrogens is 186 g/mol. The second-order valence-corrected chi connectivity index (χ2v) is 3.96.